The Kier molecular flexibility index (Phi) is 4.31. The van der Waals surface area contributed by atoms with Gasteiger partial charge in [0.05, 0.1) is 12.6 Å². The van der Waals surface area contributed by atoms with Gasteiger partial charge in [-0.3, -0.25) is 0 Å². The van der Waals surface area contributed by atoms with Crippen LogP contribution in [0.1, 0.15) is 22.5 Å². The maximum Gasteiger partial charge on any atom is 0.348 e. The molecular formula is C19H20N2O3S. The van der Waals surface area contributed by atoms with Crippen LogP contribution in [0.3, 0.4) is 0 Å². The second-order valence-electron chi connectivity index (χ2n) is 6.46. The van der Waals surface area contributed by atoms with Crippen molar-refractivity contribution in [1.29, 1.82) is 0 Å². The highest BCUT2D eigenvalue weighted by molar-refractivity contribution is 7.20. The Bertz CT molecular complexity index is 929. The molecule has 0 radical (unpaired) electrons. The number of thiophene rings is 1. The number of carbonyl (C=O) groups is 1. The predicted molar refractivity (Wildman–Crippen MR) is 99.6 cm³/mol. The van der Waals surface area contributed by atoms with Crippen LogP contribution in [0.5, 0.6) is 5.75 Å². The molecule has 5 nitrogen and oxygen atoms in total. The van der Waals surface area contributed by atoms with Crippen LogP contribution in [-0.4, -0.2) is 49.2 Å². The third-order valence-corrected chi connectivity index (χ3v) is 5.68. The summed E-state index contributed by atoms with van der Waals surface area (Å²) < 4.78 is 10.9. The molecule has 2 aromatic heterocycles. The fraction of sp³-hybridized carbons (Fsp3) is 0.368. The fourth-order valence-electron chi connectivity index (χ4n) is 3.15. The van der Waals surface area contributed by atoms with Gasteiger partial charge in [-0.2, -0.15) is 0 Å². The van der Waals surface area contributed by atoms with E-state index in [4.69, 9.17) is 9.47 Å². The Labute approximate surface area is 150 Å². The van der Waals surface area contributed by atoms with E-state index in [2.05, 4.69) is 23.0 Å². The van der Waals surface area contributed by atoms with Crippen molar-refractivity contribution in [3.63, 3.8) is 0 Å². The summed E-state index contributed by atoms with van der Waals surface area (Å²) >= 11 is 1.39. The first-order valence-corrected chi connectivity index (χ1v) is 9.22. The molecule has 6 heteroatoms. The summed E-state index contributed by atoms with van der Waals surface area (Å²) in [6.07, 6.45) is 1.81. The van der Waals surface area contributed by atoms with E-state index in [9.17, 15) is 4.79 Å². The smallest absolute Gasteiger partial charge is 0.348 e. The normalized spacial score (nSPS) is 16.4. The van der Waals surface area contributed by atoms with Crippen molar-refractivity contribution in [3.05, 3.63) is 35.2 Å². The van der Waals surface area contributed by atoms with E-state index >= 15 is 0 Å². The van der Waals surface area contributed by atoms with Crippen molar-refractivity contribution in [1.82, 2.24) is 9.88 Å². The Morgan fingerprint density at radius 1 is 1.20 bits per heavy atom. The molecular weight excluding hydrogens is 336 g/mol. The summed E-state index contributed by atoms with van der Waals surface area (Å²) in [5.41, 5.74) is 0.865. The summed E-state index contributed by atoms with van der Waals surface area (Å²) in [6, 6.07) is 9.74. The zero-order valence-electron chi connectivity index (χ0n) is 14.3. The predicted octanol–water partition coefficient (Wildman–Crippen LogP) is 3.71. The Balaban J connectivity index is 1.59. The number of esters is 1. The van der Waals surface area contributed by atoms with E-state index in [1.54, 1.807) is 7.11 Å². The van der Waals surface area contributed by atoms with Crippen molar-refractivity contribution < 1.29 is 14.3 Å². The first-order valence-electron chi connectivity index (χ1n) is 8.40. The Morgan fingerprint density at radius 2 is 2.00 bits per heavy atom. The zero-order chi connectivity index (χ0) is 17.4. The summed E-state index contributed by atoms with van der Waals surface area (Å²) in [6.45, 7) is 1.94. The minimum absolute atomic E-state index is 0.0187. The van der Waals surface area contributed by atoms with Crippen LogP contribution in [0.2, 0.25) is 0 Å². The first kappa shape index (κ1) is 16.3. The maximum atomic E-state index is 12.5. The van der Waals surface area contributed by atoms with Crippen LogP contribution in [0.15, 0.2) is 30.3 Å². The molecule has 1 saturated heterocycles. The minimum Gasteiger partial charge on any atom is -0.497 e. The van der Waals surface area contributed by atoms with Gasteiger partial charge in [0.25, 0.3) is 0 Å². The lowest BCUT2D eigenvalue weighted by Gasteiger charge is -2.28. The highest BCUT2D eigenvalue weighted by Gasteiger charge is 2.22. The summed E-state index contributed by atoms with van der Waals surface area (Å²) in [5.74, 6) is 0.539. The van der Waals surface area contributed by atoms with Gasteiger partial charge in [-0.25, -0.2) is 9.78 Å². The van der Waals surface area contributed by atoms with Crippen LogP contribution < -0.4 is 4.74 Å². The average Bonchev–Trinajstić information content (AvgIpc) is 3.04. The van der Waals surface area contributed by atoms with E-state index < -0.39 is 0 Å². The van der Waals surface area contributed by atoms with E-state index in [-0.39, 0.29) is 12.1 Å². The number of piperidine rings is 1. The molecule has 0 aliphatic carbocycles. The monoisotopic (exact) mass is 356 g/mol. The lowest BCUT2D eigenvalue weighted by molar-refractivity contribution is 0.0145. The maximum absolute atomic E-state index is 12.5. The average molecular weight is 356 g/mol. The molecule has 1 fully saturated rings. The number of ether oxygens (including phenoxy) is 2. The number of pyridine rings is 1. The molecule has 0 atom stereocenters. The first-order chi connectivity index (χ1) is 12.1. The number of fused-ring (bicyclic) bond motifs is 2. The van der Waals surface area contributed by atoms with E-state index in [0.29, 0.717) is 4.88 Å². The van der Waals surface area contributed by atoms with Crippen LogP contribution in [-0.2, 0) is 4.74 Å². The highest BCUT2D eigenvalue weighted by Crippen LogP contribution is 2.30. The summed E-state index contributed by atoms with van der Waals surface area (Å²) in [5, 5.41) is 2.00. The van der Waals surface area contributed by atoms with Crippen LogP contribution in [0.25, 0.3) is 21.1 Å². The number of rotatable bonds is 3. The number of benzene rings is 1. The molecule has 0 N–H and O–H groups in total. The van der Waals surface area contributed by atoms with E-state index in [1.807, 2.05) is 24.3 Å². The molecule has 1 aromatic carbocycles. The molecule has 1 aliphatic heterocycles. The van der Waals surface area contributed by atoms with Crippen LogP contribution in [0, 0.1) is 0 Å². The van der Waals surface area contributed by atoms with Gasteiger partial charge >= 0.3 is 5.97 Å². The number of nitrogens with zero attached hydrogens (tertiary/aromatic N) is 2. The Morgan fingerprint density at radius 3 is 2.76 bits per heavy atom. The van der Waals surface area contributed by atoms with Gasteiger partial charge in [-0.05, 0) is 44.2 Å². The molecule has 130 valence electrons. The third-order valence-electron chi connectivity index (χ3n) is 4.65. The van der Waals surface area contributed by atoms with E-state index in [1.165, 1.54) is 11.3 Å². The SMILES string of the molecule is COc1ccc2cc3cc(C(=O)OC4CCN(C)CC4)sc3nc2c1. The largest absolute Gasteiger partial charge is 0.497 e. The number of hydrogen-bond donors (Lipinski definition) is 0. The number of carbonyl (C=O) groups excluding carboxylic acids is 1. The van der Waals surface area contributed by atoms with E-state index in [0.717, 1.165) is 52.8 Å². The van der Waals surface area contributed by atoms with Gasteiger partial charge < -0.3 is 14.4 Å². The molecule has 4 rings (SSSR count). The molecule has 25 heavy (non-hydrogen) atoms. The zero-order valence-corrected chi connectivity index (χ0v) is 15.1. The molecule has 0 saturated carbocycles. The Hall–Kier alpha value is -2.18. The third kappa shape index (κ3) is 3.32. The topological polar surface area (TPSA) is 51.7 Å². The standard InChI is InChI=1S/C19H20N2O3S/c1-21-7-5-14(6-8-21)24-19(22)17-10-13-9-12-3-4-15(23-2)11-16(12)20-18(13)25-17/h3-4,9-11,14H,5-8H2,1-2H3. The van der Waals surface area contributed by atoms with Gasteiger partial charge in [0, 0.05) is 29.9 Å². The number of methoxy groups -OCH3 is 1. The summed E-state index contributed by atoms with van der Waals surface area (Å²) in [7, 11) is 3.73. The molecule has 3 heterocycles. The quantitative estimate of drug-likeness (QED) is 0.670. The molecule has 1 aliphatic rings. The molecule has 0 unspecified atom stereocenters. The number of likely N-dealkylation sites (tertiary alicyclic amines) is 1. The van der Waals surface area contributed by atoms with Gasteiger partial charge in [-0.1, -0.05) is 0 Å². The summed E-state index contributed by atoms with van der Waals surface area (Å²) in [4.78, 5) is 20.9. The van der Waals surface area contributed by atoms with Crippen molar-refractivity contribution in [3.8, 4) is 5.75 Å². The highest BCUT2D eigenvalue weighted by atomic mass is 32.1. The lowest BCUT2D eigenvalue weighted by Crippen LogP contribution is -2.35. The molecule has 0 amide bonds. The van der Waals surface area contributed by atoms with Crippen molar-refractivity contribution in [2.24, 2.45) is 0 Å². The second-order valence-corrected chi connectivity index (χ2v) is 7.49. The van der Waals surface area contributed by atoms with Crippen molar-refractivity contribution in [2.45, 2.75) is 18.9 Å². The molecule has 0 bridgehead atoms. The van der Waals surface area contributed by atoms with Crippen LogP contribution >= 0.6 is 11.3 Å². The van der Waals surface area contributed by atoms with Gasteiger partial charge in [0.2, 0.25) is 0 Å². The molecule has 0 spiro atoms. The van der Waals surface area contributed by atoms with Gasteiger partial charge in [0.1, 0.15) is 21.6 Å². The van der Waals surface area contributed by atoms with Gasteiger partial charge in [-0.15, -0.1) is 11.3 Å². The lowest BCUT2D eigenvalue weighted by atomic mass is 10.1. The van der Waals surface area contributed by atoms with Crippen molar-refractivity contribution >= 4 is 38.4 Å². The second kappa shape index (κ2) is 6.61. The number of hydrogen-bond acceptors (Lipinski definition) is 6. The minimum atomic E-state index is -0.237. The fourth-order valence-corrected chi connectivity index (χ4v) is 4.05. The van der Waals surface area contributed by atoms with Crippen LogP contribution in [0.4, 0.5) is 0 Å². The van der Waals surface area contributed by atoms with Crippen molar-refractivity contribution in [2.75, 3.05) is 27.2 Å². The number of aromatic nitrogens is 1. The van der Waals surface area contributed by atoms with Gasteiger partial charge in [0.15, 0.2) is 0 Å². The molecule has 3 aromatic rings.